The van der Waals surface area contributed by atoms with Crippen LogP contribution in [0.4, 0.5) is 0 Å². The first-order valence-electron chi connectivity index (χ1n) is 3.18. The van der Waals surface area contributed by atoms with Crippen molar-refractivity contribution in [2.75, 3.05) is 0 Å². The molecule has 1 aromatic heterocycles. The number of hydrogen-bond acceptors (Lipinski definition) is 3. The van der Waals surface area contributed by atoms with Crippen molar-refractivity contribution in [3.8, 4) is 0 Å². The van der Waals surface area contributed by atoms with E-state index in [1.54, 1.807) is 6.92 Å². The number of aromatic nitrogens is 2. The van der Waals surface area contributed by atoms with Crippen molar-refractivity contribution in [3.63, 3.8) is 0 Å². The zero-order valence-electron chi connectivity index (χ0n) is 6.07. The minimum atomic E-state index is -0.479. The third kappa shape index (κ3) is 1.56. The smallest absolute Gasteiger partial charge is 0.311 e. The molecule has 0 saturated heterocycles. The lowest BCUT2D eigenvalue weighted by Crippen LogP contribution is -2.33. The molecule has 11 heavy (non-hydrogen) atoms. The molecule has 0 bridgehead atoms. The largest absolute Gasteiger partial charge is 0.329 e. The number of nitrogens with one attached hydrogen (secondary N) is 1. The van der Waals surface area contributed by atoms with Gasteiger partial charge in [0.1, 0.15) is 0 Å². The van der Waals surface area contributed by atoms with Gasteiger partial charge in [-0.2, -0.15) is 0 Å². The molecule has 0 fully saturated rings. The summed E-state index contributed by atoms with van der Waals surface area (Å²) >= 11 is 0. The van der Waals surface area contributed by atoms with Gasteiger partial charge in [-0.1, -0.05) is 0 Å². The fraction of sp³-hybridized carbons (Fsp3) is 0.333. The third-order valence-corrected chi connectivity index (χ3v) is 1.29. The van der Waals surface area contributed by atoms with E-state index in [-0.39, 0.29) is 0 Å². The Morgan fingerprint density at radius 3 is 2.73 bits per heavy atom. The number of hydrogen-bond donors (Lipinski definition) is 2. The van der Waals surface area contributed by atoms with Crippen LogP contribution in [0.5, 0.6) is 0 Å². The number of aromatic amines is 1. The van der Waals surface area contributed by atoms with Crippen molar-refractivity contribution in [2.45, 2.75) is 13.1 Å². The molecule has 0 unspecified atom stereocenters. The van der Waals surface area contributed by atoms with Gasteiger partial charge in [-0.05, 0) is 6.92 Å². The van der Waals surface area contributed by atoms with E-state index < -0.39 is 17.4 Å². The lowest BCUT2D eigenvalue weighted by molar-refractivity contribution is 0.536. The monoisotopic (exact) mass is 155 g/mol. The average Bonchev–Trinajstić information content (AvgIpc) is 1.85. The first kappa shape index (κ1) is 7.74. The van der Waals surface area contributed by atoms with Gasteiger partial charge in [0.2, 0.25) is 0 Å². The average molecular weight is 155 g/mol. The van der Waals surface area contributed by atoms with Gasteiger partial charge in [-0.25, -0.2) is 4.79 Å². The molecule has 0 aliphatic rings. The summed E-state index contributed by atoms with van der Waals surface area (Å²) in [5.74, 6) is 0. The molecule has 1 aromatic rings. The minimum Gasteiger partial charge on any atom is -0.311 e. The Hall–Kier alpha value is -1.36. The van der Waals surface area contributed by atoms with Gasteiger partial charge in [-0.15, -0.1) is 0 Å². The van der Waals surface area contributed by atoms with Gasteiger partial charge in [0.15, 0.2) is 0 Å². The van der Waals surface area contributed by atoms with Crippen LogP contribution in [0.1, 0.15) is 13.1 Å². The first-order valence-corrected chi connectivity index (χ1v) is 3.18. The van der Waals surface area contributed by atoms with Gasteiger partial charge in [-0.3, -0.25) is 14.3 Å². The van der Waals surface area contributed by atoms with Crippen LogP contribution in [-0.4, -0.2) is 9.55 Å². The van der Waals surface area contributed by atoms with Crippen molar-refractivity contribution in [2.24, 2.45) is 5.73 Å². The number of H-pyrrole nitrogens is 1. The van der Waals surface area contributed by atoms with Crippen molar-refractivity contribution in [1.82, 2.24) is 9.55 Å². The molecule has 0 aromatic carbocycles. The Morgan fingerprint density at radius 2 is 2.27 bits per heavy atom. The molecule has 0 aliphatic heterocycles. The summed E-state index contributed by atoms with van der Waals surface area (Å²) in [5, 5.41) is 0. The second kappa shape index (κ2) is 2.71. The topological polar surface area (TPSA) is 80.9 Å². The molecule has 1 heterocycles. The maximum atomic E-state index is 10.9. The van der Waals surface area contributed by atoms with Crippen molar-refractivity contribution < 1.29 is 0 Å². The van der Waals surface area contributed by atoms with Crippen LogP contribution in [0.15, 0.2) is 21.9 Å². The lowest BCUT2D eigenvalue weighted by atomic mass is 10.5. The van der Waals surface area contributed by atoms with Crippen molar-refractivity contribution in [1.29, 1.82) is 0 Å². The highest BCUT2D eigenvalue weighted by molar-refractivity contribution is 4.83. The summed E-state index contributed by atoms with van der Waals surface area (Å²) in [6.07, 6.45) is 0.950. The minimum absolute atomic E-state index is 0.410. The Morgan fingerprint density at radius 1 is 1.64 bits per heavy atom. The van der Waals surface area contributed by atoms with Gasteiger partial charge >= 0.3 is 5.69 Å². The molecule has 0 saturated carbocycles. The molecule has 60 valence electrons. The van der Waals surface area contributed by atoms with Crippen LogP contribution in [-0.2, 0) is 0 Å². The third-order valence-electron chi connectivity index (χ3n) is 1.29. The van der Waals surface area contributed by atoms with Crippen LogP contribution < -0.4 is 17.0 Å². The van der Waals surface area contributed by atoms with Crippen LogP contribution in [0.25, 0.3) is 0 Å². The molecule has 1 atom stereocenters. The molecule has 5 nitrogen and oxygen atoms in total. The Kier molecular flexibility index (Phi) is 1.91. The first-order chi connectivity index (χ1) is 5.11. The summed E-state index contributed by atoms with van der Waals surface area (Å²) in [7, 11) is 0. The zero-order valence-corrected chi connectivity index (χ0v) is 6.07. The summed E-state index contributed by atoms with van der Waals surface area (Å²) < 4.78 is 1.24. The lowest BCUT2D eigenvalue weighted by Gasteiger charge is -2.06. The van der Waals surface area contributed by atoms with E-state index >= 15 is 0 Å². The van der Waals surface area contributed by atoms with Crippen molar-refractivity contribution >= 4 is 0 Å². The second-order valence-electron chi connectivity index (χ2n) is 2.26. The second-order valence-corrected chi connectivity index (χ2v) is 2.26. The van der Waals surface area contributed by atoms with Crippen molar-refractivity contribution in [3.05, 3.63) is 33.1 Å². The highest BCUT2D eigenvalue weighted by Gasteiger charge is 1.98. The van der Waals surface area contributed by atoms with Gasteiger partial charge in [0.05, 0.1) is 6.17 Å². The molecule has 0 aliphatic carbocycles. The molecule has 0 radical (unpaired) electrons. The summed E-state index contributed by atoms with van der Waals surface area (Å²) in [6, 6.07) is 1.25. The van der Waals surface area contributed by atoms with Crippen LogP contribution in [0, 0.1) is 0 Å². The molecule has 0 amide bonds. The molecule has 3 N–H and O–H groups in total. The Bertz CT molecular complexity index is 349. The highest BCUT2D eigenvalue weighted by atomic mass is 16.2. The maximum absolute atomic E-state index is 10.9. The maximum Gasteiger partial charge on any atom is 0.329 e. The molecular formula is C6H9N3O2. The van der Waals surface area contributed by atoms with Gasteiger partial charge < -0.3 is 5.73 Å². The number of rotatable bonds is 1. The van der Waals surface area contributed by atoms with E-state index in [0.29, 0.717) is 0 Å². The molecule has 0 spiro atoms. The molecular weight excluding hydrogens is 146 g/mol. The van der Waals surface area contributed by atoms with E-state index in [4.69, 9.17) is 5.73 Å². The summed E-state index contributed by atoms with van der Waals surface area (Å²) in [6.45, 7) is 1.65. The van der Waals surface area contributed by atoms with E-state index in [0.717, 1.165) is 0 Å². The Labute approximate surface area is 62.5 Å². The zero-order chi connectivity index (χ0) is 8.43. The van der Waals surface area contributed by atoms with E-state index in [1.807, 2.05) is 0 Å². The standard InChI is InChI=1S/C6H9N3O2/c1-4(7)9-3-2-5(10)8-6(9)11/h2-4H,7H2,1H3,(H,8,10,11)/t4-/m0/s1. The Balaban J connectivity index is 3.32. The van der Waals surface area contributed by atoms with E-state index in [9.17, 15) is 9.59 Å². The quantitative estimate of drug-likeness (QED) is 0.546. The highest BCUT2D eigenvalue weighted by Crippen LogP contribution is 1.86. The van der Waals surface area contributed by atoms with E-state index in [1.165, 1.54) is 16.8 Å². The van der Waals surface area contributed by atoms with Crippen LogP contribution in [0.3, 0.4) is 0 Å². The summed E-state index contributed by atoms with van der Waals surface area (Å²) in [5.41, 5.74) is 4.52. The normalized spacial score (nSPS) is 12.9. The number of nitrogens with zero attached hydrogens (tertiary/aromatic N) is 1. The predicted octanol–water partition coefficient (Wildman–Crippen LogP) is -0.986. The van der Waals surface area contributed by atoms with Crippen LogP contribution in [0.2, 0.25) is 0 Å². The molecule has 1 rings (SSSR count). The fourth-order valence-electron chi connectivity index (χ4n) is 0.748. The number of nitrogens with two attached hydrogens (primary N) is 1. The SMILES string of the molecule is C[C@@H](N)n1ccc(=O)[nH]c1=O. The predicted molar refractivity (Wildman–Crippen MR) is 40.2 cm³/mol. The van der Waals surface area contributed by atoms with Gasteiger partial charge in [0, 0.05) is 12.3 Å². The summed E-state index contributed by atoms with van der Waals surface area (Å²) in [4.78, 5) is 23.6. The van der Waals surface area contributed by atoms with Gasteiger partial charge in [0.25, 0.3) is 5.56 Å². The molecule has 5 heteroatoms. The fourth-order valence-corrected chi connectivity index (χ4v) is 0.748. The van der Waals surface area contributed by atoms with Crippen LogP contribution >= 0.6 is 0 Å². The van der Waals surface area contributed by atoms with E-state index in [2.05, 4.69) is 4.98 Å².